The number of hydrogen-bond donors (Lipinski definition) is 1. The molecule has 1 aromatic heterocycles. The number of rotatable bonds is 7. The van der Waals surface area contributed by atoms with Crippen molar-refractivity contribution < 1.29 is 24.2 Å². The quantitative estimate of drug-likeness (QED) is 0.580. The van der Waals surface area contributed by atoms with Gasteiger partial charge in [0.1, 0.15) is 12.4 Å². The average molecular weight is 526 g/mol. The summed E-state index contributed by atoms with van der Waals surface area (Å²) < 4.78 is 6.27. The minimum Gasteiger partial charge on any atom is -0.488 e. The Kier molecular flexibility index (Phi) is 7.65. The van der Waals surface area contributed by atoms with Gasteiger partial charge in [0.2, 0.25) is 11.8 Å². The molecule has 1 aromatic carbocycles. The third-order valence-corrected chi connectivity index (χ3v) is 8.29. The largest absolute Gasteiger partial charge is 0.488 e. The Bertz CT molecular complexity index is 1170. The molecule has 3 atom stereocenters. The van der Waals surface area contributed by atoms with Gasteiger partial charge in [-0.1, -0.05) is 30.5 Å². The molecule has 2 amide bonds. The molecule has 8 nitrogen and oxygen atoms in total. The van der Waals surface area contributed by atoms with Crippen molar-refractivity contribution in [1.82, 2.24) is 14.8 Å². The second-order valence-corrected chi connectivity index (χ2v) is 10.6. The maximum absolute atomic E-state index is 14.0. The number of aromatic nitrogens is 1. The van der Waals surface area contributed by atoms with Gasteiger partial charge in [-0.15, -0.1) is 0 Å². The molecule has 37 heavy (non-hydrogen) atoms. The number of carbonyl (C=O) groups is 3. The van der Waals surface area contributed by atoms with E-state index in [1.807, 2.05) is 24.3 Å². The first-order chi connectivity index (χ1) is 17.9. The number of halogens is 1. The lowest BCUT2D eigenvalue weighted by Gasteiger charge is -2.43. The summed E-state index contributed by atoms with van der Waals surface area (Å²) >= 11 is 6.66. The van der Waals surface area contributed by atoms with Crippen LogP contribution in [0.1, 0.15) is 61.3 Å². The second-order valence-electron chi connectivity index (χ2n) is 10.2. The summed E-state index contributed by atoms with van der Waals surface area (Å²) in [7, 11) is 0. The van der Waals surface area contributed by atoms with Crippen LogP contribution in [0.4, 0.5) is 0 Å². The highest BCUT2D eigenvalue weighted by atomic mass is 35.5. The van der Waals surface area contributed by atoms with Crippen LogP contribution in [0.15, 0.2) is 36.7 Å². The number of carboxylic acid groups (broad SMARTS) is 1. The molecule has 9 heteroatoms. The van der Waals surface area contributed by atoms with E-state index in [4.69, 9.17) is 16.3 Å². The standard InChI is InChI=1S/C28H32ClN3O5/c29-22-9-10-24(37-17-18-5-3-12-30-15-18)26-21(22)11-14-32(23(26)16-31-13-4-8-25(31)33)27(34)19-6-1-2-7-20(19)28(35)36/h3,5,9-10,12,15,19-20,23H,1-2,4,6-8,11,13-14,16-17H2,(H,35,36)/t19?,20-,23-/m1/s1. The molecule has 2 fully saturated rings. The first kappa shape index (κ1) is 25.5. The minimum atomic E-state index is -0.912. The number of nitrogens with zero attached hydrogens (tertiary/aromatic N) is 3. The lowest BCUT2D eigenvalue weighted by molar-refractivity contribution is -0.154. The van der Waals surface area contributed by atoms with Crippen LogP contribution >= 0.6 is 11.6 Å². The summed E-state index contributed by atoms with van der Waals surface area (Å²) in [5.41, 5.74) is 2.65. The minimum absolute atomic E-state index is 0.0699. The Morgan fingerprint density at radius 3 is 2.59 bits per heavy atom. The van der Waals surface area contributed by atoms with Crippen molar-refractivity contribution in [3.8, 4) is 5.75 Å². The van der Waals surface area contributed by atoms with E-state index in [1.165, 1.54) is 0 Å². The molecule has 2 aromatic rings. The van der Waals surface area contributed by atoms with Crippen LogP contribution < -0.4 is 4.74 Å². The third-order valence-electron chi connectivity index (χ3n) is 7.94. The highest BCUT2D eigenvalue weighted by molar-refractivity contribution is 6.31. The van der Waals surface area contributed by atoms with Gasteiger partial charge in [0.25, 0.3) is 0 Å². The van der Waals surface area contributed by atoms with Gasteiger partial charge in [-0.05, 0) is 49.4 Å². The molecular formula is C28H32ClN3O5. The first-order valence-electron chi connectivity index (χ1n) is 13.1. The topological polar surface area (TPSA) is 100 Å². The fraction of sp³-hybridized carbons (Fsp3) is 0.500. The molecule has 1 N–H and O–H groups in total. The van der Waals surface area contributed by atoms with Crippen LogP contribution in [0.3, 0.4) is 0 Å². The van der Waals surface area contributed by atoms with Crippen molar-refractivity contribution >= 4 is 29.4 Å². The molecule has 0 spiro atoms. The molecule has 3 aliphatic rings. The lowest BCUT2D eigenvalue weighted by Crippen LogP contribution is -2.50. The molecule has 5 rings (SSSR count). The van der Waals surface area contributed by atoms with Crippen molar-refractivity contribution in [2.24, 2.45) is 11.8 Å². The maximum atomic E-state index is 14.0. The Balaban J connectivity index is 1.51. The molecule has 0 radical (unpaired) electrons. The number of pyridine rings is 1. The van der Waals surface area contributed by atoms with Gasteiger partial charge in [0, 0.05) is 54.6 Å². The van der Waals surface area contributed by atoms with Gasteiger partial charge in [-0.2, -0.15) is 0 Å². The monoisotopic (exact) mass is 525 g/mol. The van der Waals surface area contributed by atoms with Crippen LogP contribution in [-0.2, 0) is 27.4 Å². The zero-order chi connectivity index (χ0) is 25.9. The summed E-state index contributed by atoms with van der Waals surface area (Å²) in [6, 6.07) is 6.96. The molecule has 3 heterocycles. The molecule has 1 saturated carbocycles. The Morgan fingerprint density at radius 1 is 1.08 bits per heavy atom. The highest BCUT2D eigenvalue weighted by Crippen LogP contribution is 2.43. The first-order valence-corrected chi connectivity index (χ1v) is 13.5. The van der Waals surface area contributed by atoms with E-state index < -0.39 is 23.8 Å². The van der Waals surface area contributed by atoms with Gasteiger partial charge in [-0.3, -0.25) is 19.4 Å². The molecule has 1 unspecified atom stereocenters. The number of likely N-dealkylation sites (tertiary alicyclic amines) is 1. The fourth-order valence-corrected chi connectivity index (χ4v) is 6.30. The fourth-order valence-electron chi connectivity index (χ4n) is 6.04. The predicted octanol–water partition coefficient (Wildman–Crippen LogP) is 4.25. The summed E-state index contributed by atoms with van der Waals surface area (Å²) in [5, 5.41) is 10.4. The SMILES string of the molecule is O=C(O)[C@@H]1CCCCC1C(=O)N1CCc2c(Cl)ccc(OCc3cccnc3)c2[C@H]1CN1CCCC1=O. The molecule has 0 bridgehead atoms. The van der Waals surface area contributed by atoms with Crippen LogP contribution in [0.2, 0.25) is 5.02 Å². The van der Waals surface area contributed by atoms with E-state index in [9.17, 15) is 19.5 Å². The third kappa shape index (κ3) is 5.30. The lowest BCUT2D eigenvalue weighted by atomic mass is 9.77. The summed E-state index contributed by atoms with van der Waals surface area (Å²) in [4.78, 5) is 46.4. The normalized spacial score (nSPS) is 23.6. The predicted molar refractivity (Wildman–Crippen MR) is 137 cm³/mol. The Morgan fingerprint density at radius 2 is 1.89 bits per heavy atom. The number of carboxylic acids is 1. The summed E-state index contributed by atoms with van der Waals surface area (Å²) in [6.07, 6.45) is 8.00. The summed E-state index contributed by atoms with van der Waals surface area (Å²) in [6.45, 7) is 1.70. The zero-order valence-electron chi connectivity index (χ0n) is 20.8. The van der Waals surface area contributed by atoms with Crippen LogP contribution in [0, 0.1) is 11.8 Å². The number of benzene rings is 1. The zero-order valence-corrected chi connectivity index (χ0v) is 21.5. The molecule has 2 aliphatic heterocycles. The number of hydrogen-bond acceptors (Lipinski definition) is 5. The molecule has 196 valence electrons. The van der Waals surface area contributed by atoms with Crippen LogP contribution in [-0.4, -0.2) is 57.3 Å². The molecular weight excluding hydrogens is 494 g/mol. The number of amides is 2. The van der Waals surface area contributed by atoms with E-state index >= 15 is 0 Å². The number of ether oxygens (including phenoxy) is 1. The van der Waals surface area contributed by atoms with E-state index in [1.54, 1.807) is 22.2 Å². The number of carbonyl (C=O) groups excluding carboxylic acids is 2. The van der Waals surface area contributed by atoms with Crippen molar-refractivity contribution in [1.29, 1.82) is 0 Å². The van der Waals surface area contributed by atoms with Gasteiger partial charge in [-0.25, -0.2) is 0 Å². The van der Waals surface area contributed by atoms with E-state index in [0.29, 0.717) is 62.7 Å². The van der Waals surface area contributed by atoms with Gasteiger partial charge in [0.05, 0.1) is 17.9 Å². The second kappa shape index (κ2) is 11.1. The van der Waals surface area contributed by atoms with Crippen LogP contribution in [0.25, 0.3) is 0 Å². The van der Waals surface area contributed by atoms with Crippen molar-refractivity contribution in [3.05, 3.63) is 58.4 Å². The highest BCUT2D eigenvalue weighted by Gasteiger charge is 2.43. The van der Waals surface area contributed by atoms with Gasteiger partial charge >= 0.3 is 5.97 Å². The van der Waals surface area contributed by atoms with Gasteiger partial charge in [0.15, 0.2) is 0 Å². The van der Waals surface area contributed by atoms with Crippen LogP contribution in [0.5, 0.6) is 5.75 Å². The maximum Gasteiger partial charge on any atom is 0.307 e. The van der Waals surface area contributed by atoms with Crippen molar-refractivity contribution in [2.45, 2.75) is 57.6 Å². The van der Waals surface area contributed by atoms with Crippen molar-refractivity contribution in [2.75, 3.05) is 19.6 Å². The van der Waals surface area contributed by atoms with Crippen molar-refractivity contribution in [3.63, 3.8) is 0 Å². The van der Waals surface area contributed by atoms with Gasteiger partial charge < -0.3 is 19.6 Å². The Labute approximate surface area is 221 Å². The summed E-state index contributed by atoms with van der Waals surface area (Å²) in [5.74, 6) is -1.62. The number of fused-ring (bicyclic) bond motifs is 1. The van der Waals surface area contributed by atoms with E-state index in [-0.39, 0.29) is 11.8 Å². The Hall–Kier alpha value is -3.13. The molecule has 1 aliphatic carbocycles. The average Bonchev–Trinajstić information content (AvgIpc) is 3.32. The molecule has 1 saturated heterocycles. The smallest absolute Gasteiger partial charge is 0.307 e. The van der Waals surface area contributed by atoms with E-state index in [0.717, 1.165) is 36.0 Å². The van der Waals surface area contributed by atoms with E-state index in [2.05, 4.69) is 4.98 Å². The number of aliphatic carboxylic acids is 1.